The zero-order valence-corrected chi connectivity index (χ0v) is 16.9. The van der Waals surface area contributed by atoms with Crippen LogP contribution in [-0.4, -0.2) is 65.5 Å². The van der Waals surface area contributed by atoms with Crippen molar-refractivity contribution in [3.05, 3.63) is 41.6 Å². The van der Waals surface area contributed by atoms with Crippen LogP contribution < -0.4 is 9.47 Å². The predicted octanol–water partition coefficient (Wildman–Crippen LogP) is 2.37. The van der Waals surface area contributed by atoms with E-state index in [9.17, 15) is 0 Å². The van der Waals surface area contributed by atoms with E-state index in [1.165, 1.54) is 0 Å². The van der Waals surface area contributed by atoms with Crippen LogP contribution in [0, 0.1) is 6.92 Å². The maximum Gasteiger partial charge on any atom is 0.241 e. The highest BCUT2D eigenvalue weighted by molar-refractivity contribution is 5.65. The van der Waals surface area contributed by atoms with Gasteiger partial charge in [-0.3, -0.25) is 9.80 Å². The van der Waals surface area contributed by atoms with E-state index in [1.54, 1.807) is 20.3 Å². The van der Waals surface area contributed by atoms with E-state index in [0.29, 0.717) is 29.8 Å². The average Bonchev–Trinajstić information content (AvgIpc) is 3.37. The fourth-order valence-electron chi connectivity index (χ4n) is 3.43. The highest BCUT2D eigenvalue weighted by atomic mass is 16.5. The van der Waals surface area contributed by atoms with E-state index in [1.807, 2.05) is 25.1 Å². The summed E-state index contributed by atoms with van der Waals surface area (Å²) in [5, 5.41) is 8.20. The van der Waals surface area contributed by atoms with Gasteiger partial charge in [-0.25, -0.2) is 0 Å². The monoisotopic (exact) mass is 399 g/mol. The Morgan fingerprint density at radius 1 is 0.931 bits per heavy atom. The van der Waals surface area contributed by atoms with Crippen molar-refractivity contribution in [2.24, 2.45) is 0 Å². The Balaban J connectivity index is 1.34. The number of aryl methyl sites for hydroxylation is 1. The van der Waals surface area contributed by atoms with Crippen molar-refractivity contribution in [2.45, 2.75) is 20.0 Å². The van der Waals surface area contributed by atoms with Gasteiger partial charge in [0.1, 0.15) is 17.3 Å². The Bertz CT molecular complexity index is 946. The number of hydrogen-bond donors (Lipinski definition) is 0. The summed E-state index contributed by atoms with van der Waals surface area (Å²) in [6.07, 6.45) is 0. The van der Waals surface area contributed by atoms with E-state index in [4.69, 9.17) is 18.5 Å². The highest BCUT2D eigenvalue weighted by Crippen LogP contribution is 2.31. The summed E-state index contributed by atoms with van der Waals surface area (Å²) < 4.78 is 21.3. The highest BCUT2D eigenvalue weighted by Gasteiger charge is 2.21. The molecule has 0 bridgehead atoms. The van der Waals surface area contributed by atoms with Crippen molar-refractivity contribution >= 4 is 0 Å². The third-order valence-electron chi connectivity index (χ3n) is 5.00. The molecule has 9 nitrogen and oxygen atoms in total. The van der Waals surface area contributed by atoms with E-state index in [0.717, 1.165) is 49.7 Å². The molecule has 3 heterocycles. The minimum Gasteiger partial charge on any atom is -0.497 e. The Morgan fingerprint density at radius 3 is 2.34 bits per heavy atom. The number of nitrogens with zero attached hydrogens (tertiary/aromatic N) is 5. The first kappa shape index (κ1) is 19.4. The first-order valence-electron chi connectivity index (χ1n) is 9.56. The second-order valence-electron chi connectivity index (χ2n) is 7.06. The molecule has 1 fully saturated rings. The van der Waals surface area contributed by atoms with Gasteiger partial charge in [-0.1, -0.05) is 10.3 Å². The minimum atomic E-state index is 0.513. The standard InChI is InChI=1S/C20H25N5O4/c1-14-10-15(22-28-14)12-24-6-8-25(9-7-24)13-19-21-20(23-29-19)17-5-4-16(26-2)11-18(17)27-3/h4-5,10-11H,6-9,12-13H2,1-3H3. The molecule has 0 saturated carbocycles. The first-order chi connectivity index (χ1) is 14.1. The molecule has 1 aromatic carbocycles. The van der Waals surface area contributed by atoms with Crippen LogP contribution >= 0.6 is 0 Å². The summed E-state index contributed by atoms with van der Waals surface area (Å²) >= 11 is 0. The summed E-state index contributed by atoms with van der Waals surface area (Å²) in [5.74, 6) is 3.32. The Hall–Kier alpha value is -2.91. The third kappa shape index (κ3) is 4.57. The predicted molar refractivity (Wildman–Crippen MR) is 105 cm³/mol. The van der Waals surface area contributed by atoms with E-state index in [2.05, 4.69) is 25.1 Å². The topological polar surface area (TPSA) is 89.9 Å². The molecule has 154 valence electrons. The molecule has 0 spiro atoms. The lowest BCUT2D eigenvalue weighted by atomic mass is 10.2. The SMILES string of the molecule is COc1ccc(-c2noc(CN3CCN(Cc4cc(C)on4)CC3)n2)c(OC)c1. The molecular weight excluding hydrogens is 374 g/mol. The van der Waals surface area contributed by atoms with Crippen LogP contribution in [0.25, 0.3) is 11.4 Å². The van der Waals surface area contributed by atoms with Gasteiger partial charge in [-0.05, 0) is 19.1 Å². The number of hydrogen-bond acceptors (Lipinski definition) is 9. The zero-order chi connectivity index (χ0) is 20.2. The molecule has 1 aliphatic heterocycles. The van der Waals surface area contributed by atoms with Gasteiger partial charge in [0.25, 0.3) is 0 Å². The molecule has 1 saturated heterocycles. The van der Waals surface area contributed by atoms with Crippen LogP contribution in [0.1, 0.15) is 17.3 Å². The van der Waals surface area contributed by atoms with Crippen LogP contribution in [0.2, 0.25) is 0 Å². The minimum absolute atomic E-state index is 0.513. The molecule has 9 heteroatoms. The molecule has 0 atom stereocenters. The Morgan fingerprint density at radius 2 is 1.69 bits per heavy atom. The molecule has 2 aromatic heterocycles. The number of aromatic nitrogens is 3. The van der Waals surface area contributed by atoms with Gasteiger partial charge in [0.15, 0.2) is 0 Å². The second-order valence-corrected chi connectivity index (χ2v) is 7.06. The van der Waals surface area contributed by atoms with E-state index in [-0.39, 0.29) is 0 Å². The van der Waals surface area contributed by atoms with Gasteiger partial charge in [-0.15, -0.1) is 0 Å². The third-order valence-corrected chi connectivity index (χ3v) is 5.00. The fraction of sp³-hybridized carbons (Fsp3) is 0.450. The molecule has 0 radical (unpaired) electrons. The molecule has 3 aromatic rings. The van der Waals surface area contributed by atoms with Crippen molar-refractivity contribution in [1.82, 2.24) is 25.1 Å². The summed E-state index contributed by atoms with van der Waals surface area (Å²) in [4.78, 5) is 9.23. The summed E-state index contributed by atoms with van der Waals surface area (Å²) in [7, 11) is 3.23. The molecule has 0 aliphatic carbocycles. The smallest absolute Gasteiger partial charge is 0.241 e. The van der Waals surface area contributed by atoms with Crippen LogP contribution in [0.5, 0.6) is 11.5 Å². The van der Waals surface area contributed by atoms with Crippen LogP contribution in [-0.2, 0) is 13.1 Å². The normalized spacial score (nSPS) is 15.6. The number of piperazine rings is 1. The molecule has 0 amide bonds. The number of benzene rings is 1. The lowest BCUT2D eigenvalue weighted by Crippen LogP contribution is -2.45. The fourth-order valence-corrected chi connectivity index (χ4v) is 3.43. The zero-order valence-electron chi connectivity index (χ0n) is 16.9. The average molecular weight is 399 g/mol. The van der Waals surface area contributed by atoms with Crippen LogP contribution in [0.3, 0.4) is 0 Å². The Labute approximate surface area is 169 Å². The molecule has 1 aliphatic rings. The van der Waals surface area contributed by atoms with Crippen molar-refractivity contribution < 1.29 is 18.5 Å². The second kappa shape index (κ2) is 8.62. The quantitative estimate of drug-likeness (QED) is 0.594. The lowest BCUT2D eigenvalue weighted by molar-refractivity contribution is 0.110. The summed E-state index contributed by atoms with van der Waals surface area (Å²) in [6, 6.07) is 7.51. The number of ether oxygens (including phenoxy) is 2. The number of rotatable bonds is 7. The molecular formula is C20H25N5O4. The summed E-state index contributed by atoms with van der Waals surface area (Å²) in [6.45, 7) is 7.13. The largest absolute Gasteiger partial charge is 0.497 e. The van der Waals surface area contributed by atoms with E-state index < -0.39 is 0 Å². The van der Waals surface area contributed by atoms with Crippen molar-refractivity contribution in [1.29, 1.82) is 0 Å². The van der Waals surface area contributed by atoms with Crippen LogP contribution in [0.4, 0.5) is 0 Å². The maximum absolute atomic E-state index is 5.48. The van der Waals surface area contributed by atoms with Gasteiger partial charge in [-0.2, -0.15) is 4.98 Å². The van der Waals surface area contributed by atoms with Gasteiger partial charge in [0.05, 0.1) is 32.0 Å². The van der Waals surface area contributed by atoms with Gasteiger partial charge in [0.2, 0.25) is 11.7 Å². The lowest BCUT2D eigenvalue weighted by Gasteiger charge is -2.33. The molecule has 29 heavy (non-hydrogen) atoms. The molecule has 4 rings (SSSR count). The van der Waals surface area contributed by atoms with Crippen molar-refractivity contribution in [3.63, 3.8) is 0 Å². The molecule has 0 N–H and O–H groups in total. The summed E-state index contributed by atoms with van der Waals surface area (Å²) in [5.41, 5.74) is 1.75. The van der Waals surface area contributed by atoms with Gasteiger partial charge in [0, 0.05) is 44.9 Å². The van der Waals surface area contributed by atoms with Crippen LogP contribution in [0.15, 0.2) is 33.3 Å². The van der Waals surface area contributed by atoms with Crippen molar-refractivity contribution in [3.8, 4) is 22.9 Å². The molecule has 0 unspecified atom stereocenters. The van der Waals surface area contributed by atoms with Gasteiger partial charge < -0.3 is 18.5 Å². The Kier molecular flexibility index (Phi) is 5.77. The van der Waals surface area contributed by atoms with Gasteiger partial charge >= 0.3 is 0 Å². The van der Waals surface area contributed by atoms with E-state index >= 15 is 0 Å². The number of methoxy groups -OCH3 is 2. The van der Waals surface area contributed by atoms with Crippen molar-refractivity contribution in [2.75, 3.05) is 40.4 Å². The first-order valence-corrected chi connectivity index (χ1v) is 9.56. The maximum atomic E-state index is 5.48.